The van der Waals surface area contributed by atoms with Crippen LogP contribution >= 0.6 is 0 Å². The molecule has 100 valence electrons. The molecule has 0 spiro atoms. The monoisotopic (exact) mass is 244 g/mol. The van der Waals surface area contributed by atoms with Crippen molar-refractivity contribution < 1.29 is 0 Å². The highest BCUT2D eigenvalue weighted by atomic mass is 14.6. The van der Waals surface area contributed by atoms with Gasteiger partial charge < -0.3 is 0 Å². The lowest BCUT2D eigenvalue weighted by Gasteiger charge is -2.54. The first kappa shape index (κ1) is 10.7. The van der Waals surface area contributed by atoms with Crippen LogP contribution in [0.3, 0.4) is 0 Å². The largest absolute Gasteiger partial charge is 0.0530 e. The van der Waals surface area contributed by atoms with Gasteiger partial charge in [0, 0.05) is 0 Å². The molecule has 0 aliphatic heterocycles. The van der Waals surface area contributed by atoms with Crippen molar-refractivity contribution in [3.05, 3.63) is 0 Å². The van der Waals surface area contributed by atoms with Crippen molar-refractivity contribution >= 4 is 0 Å². The van der Waals surface area contributed by atoms with E-state index in [1.54, 1.807) is 64.2 Å². The molecule has 0 aromatic rings. The molecule has 0 heteroatoms. The topological polar surface area (TPSA) is 0 Å². The molecule has 5 saturated carbocycles. The van der Waals surface area contributed by atoms with Gasteiger partial charge in [0.05, 0.1) is 0 Å². The summed E-state index contributed by atoms with van der Waals surface area (Å²) in [7, 11) is 0. The van der Waals surface area contributed by atoms with Crippen molar-refractivity contribution in [2.45, 2.75) is 64.2 Å². The van der Waals surface area contributed by atoms with Crippen LogP contribution < -0.4 is 0 Å². The van der Waals surface area contributed by atoms with Crippen molar-refractivity contribution in [3.8, 4) is 0 Å². The molecule has 0 radical (unpaired) electrons. The Labute approximate surface area is 112 Å². The van der Waals surface area contributed by atoms with E-state index in [0.717, 1.165) is 0 Å². The number of rotatable bonds is 0. The molecule has 0 aromatic carbocycles. The molecule has 8 unspecified atom stereocenters. The molecule has 0 bridgehead atoms. The van der Waals surface area contributed by atoms with E-state index in [4.69, 9.17) is 0 Å². The molecular weight excluding hydrogens is 216 g/mol. The molecule has 5 fully saturated rings. The maximum absolute atomic E-state index is 1.63. The van der Waals surface area contributed by atoms with Crippen LogP contribution in [0.2, 0.25) is 0 Å². The Morgan fingerprint density at radius 2 is 0.833 bits per heavy atom. The van der Waals surface area contributed by atoms with Gasteiger partial charge in [-0.05, 0) is 98.7 Å². The van der Waals surface area contributed by atoms with Crippen LogP contribution in [-0.4, -0.2) is 0 Å². The molecule has 5 aliphatic rings. The summed E-state index contributed by atoms with van der Waals surface area (Å²) < 4.78 is 0. The van der Waals surface area contributed by atoms with Crippen molar-refractivity contribution in [3.63, 3.8) is 0 Å². The molecule has 5 aliphatic carbocycles. The van der Waals surface area contributed by atoms with E-state index in [0.29, 0.717) is 0 Å². The summed E-state index contributed by atoms with van der Waals surface area (Å²) in [4.78, 5) is 0. The highest BCUT2D eigenvalue weighted by Gasteiger charge is 2.59. The van der Waals surface area contributed by atoms with Gasteiger partial charge in [-0.3, -0.25) is 0 Å². The van der Waals surface area contributed by atoms with Crippen molar-refractivity contribution in [2.75, 3.05) is 0 Å². The third-order valence-electron chi connectivity index (χ3n) is 8.15. The molecule has 18 heavy (non-hydrogen) atoms. The van der Waals surface area contributed by atoms with Crippen LogP contribution in [0.5, 0.6) is 0 Å². The molecule has 0 N–H and O–H groups in total. The normalized spacial score (nSPS) is 61.3. The fourth-order valence-electron chi connectivity index (χ4n) is 7.83. The SMILES string of the molecule is C1CCC2C(C1)C1CCC3CCC4CCC2C4C31. The highest BCUT2D eigenvalue weighted by molar-refractivity contribution is 5.08. The summed E-state index contributed by atoms with van der Waals surface area (Å²) in [5.74, 6) is 9.56. The zero-order chi connectivity index (χ0) is 11.7. The Balaban J connectivity index is 1.57. The maximum atomic E-state index is 1.63. The molecule has 0 aromatic heterocycles. The zero-order valence-electron chi connectivity index (χ0n) is 11.7. The standard InChI is InChI=1S/C18H28/c1-2-4-14-13(3-1)15-9-7-11-5-6-12-8-10-16(14)18(12)17(11)15/h11-18H,1-10H2. The Morgan fingerprint density at radius 1 is 0.389 bits per heavy atom. The fraction of sp³-hybridized carbons (Fsp3) is 1.00. The lowest BCUT2D eigenvalue weighted by atomic mass is 9.51. The summed E-state index contributed by atoms with van der Waals surface area (Å²) in [5, 5.41) is 0. The lowest BCUT2D eigenvalue weighted by molar-refractivity contribution is -0.0578. The van der Waals surface area contributed by atoms with Crippen LogP contribution in [0.4, 0.5) is 0 Å². The average molecular weight is 244 g/mol. The second-order valence-corrected chi connectivity index (χ2v) is 8.35. The summed E-state index contributed by atoms with van der Waals surface area (Å²) in [6.45, 7) is 0. The van der Waals surface area contributed by atoms with Gasteiger partial charge in [0.25, 0.3) is 0 Å². The maximum Gasteiger partial charge on any atom is -0.0321 e. The van der Waals surface area contributed by atoms with E-state index >= 15 is 0 Å². The smallest absolute Gasteiger partial charge is 0.0321 e. The van der Waals surface area contributed by atoms with E-state index < -0.39 is 0 Å². The second-order valence-electron chi connectivity index (χ2n) is 8.35. The Morgan fingerprint density at radius 3 is 1.33 bits per heavy atom. The van der Waals surface area contributed by atoms with E-state index in [9.17, 15) is 0 Å². The number of fused-ring (bicyclic) bond motifs is 3. The molecular formula is C18H28. The molecule has 5 rings (SSSR count). The van der Waals surface area contributed by atoms with Gasteiger partial charge in [0.15, 0.2) is 0 Å². The van der Waals surface area contributed by atoms with E-state index in [2.05, 4.69) is 0 Å². The minimum atomic E-state index is 1.18. The van der Waals surface area contributed by atoms with E-state index in [-0.39, 0.29) is 0 Å². The van der Waals surface area contributed by atoms with Gasteiger partial charge in [-0.1, -0.05) is 12.8 Å². The van der Waals surface area contributed by atoms with E-state index in [1.807, 2.05) is 0 Å². The van der Waals surface area contributed by atoms with Gasteiger partial charge >= 0.3 is 0 Å². The second kappa shape index (κ2) is 3.76. The van der Waals surface area contributed by atoms with Crippen LogP contribution in [0.25, 0.3) is 0 Å². The molecule has 0 nitrogen and oxygen atoms in total. The van der Waals surface area contributed by atoms with E-state index in [1.165, 1.54) is 47.3 Å². The van der Waals surface area contributed by atoms with Gasteiger partial charge in [-0.2, -0.15) is 0 Å². The van der Waals surface area contributed by atoms with Gasteiger partial charge in [0.1, 0.15) is 0 Å². The minimum Gasteiger partial charge on any atom is -0.0530 e. The minimum absolute atomic E-state index is 1.18. The van der Waals surface area contributed by atoms with Crippen LogP contribution in [-0.2, 0) is 0 Å². The molecule has 0 amide bonds. The Hall–Kier alpha value is 0. The summed E-state index contributed by atoms with van der Waals surface area (Å²) in [6.07, 6.45) is 16.1. The molecule has 0 saturated heterocycles. The third-order valence-corrected chi connectivity index (χ3v) is 8.15. The van der Waals surface area contributed by atoms with Crippen LogP contribution in [0.15, 0.2) is 0 Å². The molecule has 0 heterocycles. The van der Waals surface area contributed by atoms with Gasteiger partial charge in [-0.15, -0.1) is 0 Å². The molecule has 8 atom stereocenters. The van der Waals surface area contributed by atoms with Gasteiger partial charge in [-0.25, -0.2) is 0 Å². The predicted octanol–water partition coefficient (Wildman–Crippen LogP) is 4.89. The highest BCUT2D eigenvalue weighted by Crippen LogP contribution is 2.67. The quantitative estimate of drug-likeness (QED) is 0.569. The van der Waals surface area contributed by atoms with Crippen molar-refractivity contribution in [2.24, 2.45) is 47.3 Å². The average Bonchev–Trinajstić information content (AvgIpc) is 3.01. The number of hydrogen-bond acceptors (Lipinski definition) is 0. The third kappa shape index (κ3) is 1.23. The summed E-state index contributed by atoms with van der Waals surface area (Å²) >= 11 is 0. The summed E-state index contributed by atoms with van der Waals surface area (Å²) in [6, 6.07) is 0. The summed E-state index contributed by atoms with van der Waals surface area (Å²) in [5.41, 5.74) is 0. The van der Waals surface area contributed by atoms with Crippen molar-refractivity contribution in [1.82, 2.24) is 0 Å². The fourth-order valence-corrected chi connectivity index (χ4v) is 7.83. The first-order chi connectivity index (χ1) is 8.93. The lowest BCUT2D eigenvalue weighted by Crippen LogP contribution is -2.48. The van der Waals surface area contributed by atoms with Gasteiger partial charge in [0.2, 0.25) is 0 Å². The Bertz CT molecular complexity index is 312. The first-order valence-corrected chi connectivity index (χ1v) is 8.93. The number of hydrogen-bond donors (Lipinski definition) is 0. The van der Waals surface area contributed by atoms with Crippen LogP contribution in [0.1, 0.15) is 64.2 Å². The Kier molecular flexibility index (Phi) is 2.25. The van der Waals surface area contributed by atoms with Crippen LogP contribution in [0, 0.1) is 47.3 Å². The predicted molar refractivity (Wildman–Crippen MR) is 74.1 cm³/mol. The first-order valence-electron chi connectivity index (χ1n) is 8.93. The van der Waals surface area contributed by atoms with Crippen molar-refractivity contribution in [1.29, 1.82) is 0 Å². The zero-order valence-corrected chi connectivity index (χ0v) is 11.7.